The van der Waals surface area contributed by atoms with Crippen LogP contribution in [0.15, 0.2) is 48.7 Å². The zero-order valence-corrected chi connectivity index (χ0v) is 16.2. The van der Waals surface area contributed by atoms with Crippen LogP contribution in [-0.2, 0) is 9.53 Å². The van der Waals surface area contributed by atoms with Crippen LogP contribution in [0.5, 0.6) is 0 Å². The Morgan fingerprint density at radius 3 is 2.59 bits per heavy atom. The molecule has 6 nitrogen and oxygen atoms in total. The maximum atomic E-state index is 12.6. The average molecular weight is 402 g/mol. The minimum Gasteiger partial charge on any atom is -0.448 e. The number of anilines is 1. The van der Waals surface area contributed by atoms with Gasteiger partial charge in [0, 0.05) is 11.8 Å². The number of benzene rings is 1. The number of ether oxygens (including phenoxy) is 1. The predicted molar refractivity (Wildman–Crippen MR) is 105 cm³/mol. The molecule has 0 saturated carbocycles. The van der Waals surface area contributed by atoms with E-state index in [0.717, 1.165) is 10.6 Å². The smallest absolute Gasteiger partial charge is 0.351 e. The molecule has 0 saturated heterocycles. The topological polar surface area (TPSA) is 81.2 Å². The summed E-state index contributed by atoms with van der Waals surface area (Å²) in [5.74, 6) is -0.752. The van der Waals surface area contributed by atoms with Crippen LogP contribution in [0, 0.1) is 6.92 Å². The summed E-state index contributed by atoms with van der Waals surface area (Å²) in [4.78, 5) is 33.6. The zero-order valence-electron chi connectivity index (χ0n) is 14.6. The van der Waals surface area contributed by atoms with Gasteiger partial charge < -0.3 is 10.1 Å². The van der Waals surface area contributed by atoms with Gasteiger partial charge in [-0.25, -0.2) is 14.8 Å². The molecular formula is C19H16ClN3O3S. The monoisotopic (exact) mass is 401 g/mol. The molecule has 0 aliphatic carbocycles. The number of thiazole rings is 1. The minimum absolute atomic E-state index is 0.325. The molecule has 1 amide bonds. The van der Waals surface area contributed by atoms with Crippen LogP contribution in [0.1, 0.15) is 21.6 Å². The highest BCUT2D eigenvalue weighted by Crippen LogP contribution is 2.29. The van der Waals surface area contributed by atoms with Gasteiger partial charge in [0.2, 0.25) is 0 Å². The lowest BCUT2D eigenvalue weighted by Gasteiger charge is -2.13. The molecular weight excluding hydrogens is 386 g/mol. The largest absolute Gasteiger partial charge is 0.448 e. The number of amides is 1. The van der Waals surface area contributed by atoms with Crippen molar-refractivity contribution in [2.24, 2.45) is 0 Å². The molecule has 0 aliphatic rings. The quantitative estimate of drug-likeness (QED) is 0.643. The Labute approximate surface area is 165 Å². The molecule has 138 valence electrons. The number of rotatable bonds is 5. The molecule has 0 unspecified atom stereocenters. The minimum atomic E-state index is -0.999. The number of hydrogen-bond donors (Lipinski definition) is 1. The Kier molecular flexibility index (Phi) is 5.83. The molecule has 1 N–H and O–H groups in total. The van der Waals surface area contributed by atoms with Crippen LogP contribution in [0.3, 0.4) is 0 Å². The van der Waals surface area contributed by atoms with E-state index in [1.807, 2.05) is 37.3 Å². The molecule has 8 heteroatoms. The fourth-order valence-electron chi connectivity index (χ4n) is 2.30. The number of nitrogens with zero attached hydrogens (tertiary/aromatic N) is 2. The summed E-state index contributed by atoms with van der Waals surface area (Å²) in [5.41, 5.74) is 1.37. The highest BCUT2D eigenvalue weighted by molar-refractivity contribution is 7.14. The average Bonchev–Trinajstić information content (AvgIpc) is 3.06. The maximum Gasteiger partial charge on any atom is 0.351 e. The number of halogens is 1. The Balaban J connectivity index is 1.71. The second kappa shape index (κ2) is 8.28. The van der Waals surface area contributed by atoms with Gasteiger partial charge in [-0.2, -0.15) is 0 Å². The molecule has 0 aliphatic heterocycles. The van der Waals surface area contributed by atoms with Gasteiger partial charge in [-0.05, 0) is 26.0 Å². The molecule has 0 radical (unpaired) electrons. The van der Waals surface area contributed by atoms with Crippen LogP contribution in [0.2, 0.25) is 5.02 Å². The second-order valence-corrected chi connectivity index (χ2v) is 7.31. The first-order valence-electron chi connectivity index (χ1n) is 8.10. The molecule has 0 bridgehead atoms. The number of hydrogen-bond acceptors (Lipinski definition) is 6. The third-order valence-corrected chi connectivity index (χ3v) is 4.77. The summed E-state index contributed by atoms with van der Waals surface area (Å²) in [7, 11) is 0. The van der Waals surface area contributed by atoms with Crippen molar-refractivity contribution in [3.8, 4) is 11.3 Å². The number of esters is 1. The van der Waals surface area contributed by atoms with Gasteiger partial charge in [-0.3, -0.25) is 4.79 Å². The van der Waals surface area contributed by atoms with E-state index in [4.69, 9.17) is 16.3 Å². The summed E-state index contributed by atoms with van der Waals surface area (Å²) in [6, 6.07) is 12.5. The highest BCUT2D eigenvalue weighted by Gasteiger charge is 2.24. The molecule has 0 fully saturated rings. The van der Waals surface area contributed by atoms with Crippen LogP contribution in [-0.4, -0.2) is 27.9 Å². The highest BCUT2D eigenvalue weighted by atomic mass is 35.5. The van der Waals surface area contributed by atoms with Crippen LogP contribution >= 0.6 is 22.9 Å². The van der Waals surface area contributed by atoms with E-state index < -0.39 is 18.0 Å². The summed E-state index contributed by atoms with van der Waals surface area (Å²) < 4.78 is 5.34. The molecule has 0 spiro atoms. The van der Waals surface area contributed by atoms with E-state index in [1.54, 1.807) is 12.1 Å². The number of nitrogens with one attached hydrogen (secondary N) is 1. The number of carbonyl (C=O) groups is 2. The summed E-state index contributed by atoms with van der Waals surface area (Å²) in [6.45, 7) is 3.31. The Morgan fingerprint density at radius 2 is 1.93 bits per heavy atom. The fraction of sp³-hybridized carbons (Fsp3) is 0.158. The van der Waals surface area contributed by atoms with Gasteiger partial charge in [0.1, 0.15) is 10.7 Å². The third kappa shape index (κ3) is 4.69. The normalized spacial score (nSPS) is 11.7. The van der Waals surface area contributed by atoms with Gasteiger partial charge >= 0.3 is 5.97 Å². The summed E-state index contributed by atoms with van der Waals surface area (Å²) in [6.07, 6.45) is 0.418. The molecule has 2 aromatic heterocycles. The van der Waals surface area contributed by atoms with Crippen molar-refractivity contribution in [3.63, 3.8) is 0 Å². The summed E-state index contributed by atoms with van der Waals surface area (Å²) >= 11 is 7.00. The van der Waals surface area contributed by atoms with Crippen molar-refractivity contribution >= 4 is 40.6 Å². The molecule has 27 heavy (non-hydrogen) atoms. The number of aryl methyl sites for hydroxylation is 1. The zero-order chi connectivity index (χ0) is 19.4. The van der Waals surface area contributed by atoms with Gasteiger partial charge in [0.05, 0.1) is 15.7 Å². The Morgan fingerprint density at radius 1 is 1.19 bits per heavy atom. The third-order valence-electron chi connectivity index (χ3n) is 3.60. The van der Waals surface area contributed by atoms with Crippen molar-refractivity contribution in [2.45, 2.75) is 20.0 Å². The SMILES string of the molecule is Cc1nc(-c2ccccc2)c(C(=O)O[C@@H](C)C(=O)Nc2ccc(Cl)cn2)s1. The fourth-order valence-corrected chi connectivity index (χ4v) is 3.24. The van der Waals surface area contributed by atoms with Gasteiger partial charge in [-0.15, -0.1) is 11.3 Å². The number of carbonyl (C=O) groups excluding carboxylic acids is 2. The van der Waals surface area contributed by atoms with E-state index in [-0.39, 0.29) is 0 Å². The van der Waals surface area contributed by atoms with Gasteiger partial charge in [0.15, 0.2) is 6.10 Å². The van der Waals surface area contributed by atoms with Crippen LogP contribution in [0.4, 0.5) is 5.82 Å². The van der Waals surface area contributed by atoms with E-state index in [9.17, 15) is 9.59 Å². The van der Waals surface area contributed by atoms with E-state index in [2.05, 4.69) is 15.3 Å². The molecule has 3 rings (SSSR count). The standard InChI is InChI=1S/C19H16ClN3O3S/c1-11(18(24)23-15-9-8-14(20)10-21-15)26-19(25)17-16(22-12(2)27-17)13-6-4-3-5-7-13/h3-11H,1-2H3,(H,21,23,24)/t11-/m0/s1. The lowest BCUT2D eigenvalue weighted by atomic mass is 10.1. The van der Waals surface area contributed by atoms with E-state index in [1.165, 1.54) is 24.5 Å². The first kappa shape index (κ1) is 19.0. The number of pyridine rings is 1. The molecule has 1 aromatic carbocycles. The lowest BCUT2D eigenvalue weighted by molar-refractivity contribution is -0.123. The Bertz CT molecular complexity index is 958. The van der Waals surface area contributed by atoms with Crippen molar-refractivity contribution < 1.29 is 14.3 Å². The van der Waals surface area contributed by atoms with E-state index in [0.29, 0.717) is 21.4 Å². The van der Waals surface area contributed by atoms with Crippen molar-refractivity contribution in [3.05, 3.63) is 63.6 Å². The van der Waals surface area contributed by atoms with Crippen molar-refractivity contribution in [1.29, 1.82) is 0 Å². The van der Waals surface area contributed by atoms with Crippen LogP contribution in [0.25, 0.3) is 11.3 Å². The first-order chi connectivity index (χ1) is 12.9. The van der Waals surface area contributed by atoms with Crippen molar-refractivity contribution in [2.75, 3.05) is 5.32 Å². The second-order valence-electron chi connectivity index (χ2n) is 5.68. The Hall–Kier alpha value is -2.77. The maximum absolute atomic E-state index is 12.6. The molecule has 2 heterocycles. The predicted octanol–water partition coefficient (Wildman–Crippen LogP) is 4.35. The molecule has 1 atom stereocenters. The first-order valence-corrected chi connectivity index (χ1v) is 9.29. The summed E-state index contributed by atoms with van der Waals surface area (Å²) in [5, 5.41) is 3.78. The van der Waals surface area contributed by atoms with Gasteiger partial charge in [0.25, 0.3) is 5.91 Å². The number of aromatic nitrogens is 2. The van der Waals surface area contributed by atoms with Crippen molar-refractivity contribution in [1.82, 2.24) is 9.97 Å². The van der Waals surface area contributed by atoms with Gasteiger partial charge in [-0.1, -0.05) is 41.9 Å². The van der Waals surface area contributed by atoms with E-state index >= 15 is 0 Å². The lowest BCUT2D eigenvalue weighted by Crippen LogP contribution is -2.30. The van der Waals surface area contributed by atoms with Crippen LogP contribution < -0.4 is 5.32 Å². The molecule has 3 aromatic rings.